The molecule has 0 aliphatic rings. The average molecular weight is 434 g/mol. The van der Waals surface area contributed by atoms with E-state index < -0.39 is 20.7 Å². The van der Waals surface area contributed by atoms with Gasteiger partial charge in [-0.05, 0) is 56.0 Å². The summed E-state index contributed by atoms with van der Waals surface area (Å²) in [7, 11) is -4.11. The van der Waals surface area contributed by atoms with Crippen molar-refractivity contribution in [3.8, 4) is 0 Å². The Hall–Kier alpha value is -2.57. The van der Waals surface area contributed by atoms with Crippen molar-refractivity contribution in [3.05, 3.63) is 88.4 Å². The van der Waals surface area contributed by atoms with Gasteiger partial charge >= 0.3 is 5.97 Å². The lowest BCUT2D eigenvalue weighted by Gasteiger charge is -2.14. The van der Waals surface area contributed by atoms with Crippen molar-refractivity contribution in [2.24, 2.45) is 0 Å². The molecule has 0 heterocycles. The summed E-state index contributed by atoms with van der Waals surface area (Å²) in [5.41, 5.74) is 0.763. The van der Waals surface area contributed by atoms with Crippen LogP contribution in [-0.2, 0) is 26.0 Å². The molecular weight excluding hydrogens is 410 g/mol. The van der Waals surface area contributed by atoms with Gasteiger partial charge in [-0.25, -0.2) is 13.2 Å². The molecule has 0 spiro atoms. The van der Waals surface area contributed by atoms with E-state index in [1.54, 1.807) is 24.4 Å². The summed E-state index contributed by atoms with van der Waals surface area (Å²) >= 11 is 5.94. The third-order valence-electron chi connectivity index (χ3n) is 4.17. The minimum absolute atomic E-state index is 0.0260. The molecule has 29 heavy (non-hydrogen) atoms. The van der Waals surface area contributed by atoms with Gasteiger partial charge in [0, 0.05) is 18.1 Å². The Morgan fingerprint density at radius 3 is 2.38 bits per heavy atom. The molecule has 0 saturated heterocycles. The van der Waals surface area contributed by atoms with Gasteiger partial charge in [0.15, 0.2) is 4.91 Å². The number of hydrogen-bond acceptors (Lipinski definition) is 5. The molecule has 0 fully saturated rings. The van der Waals surface area contributed by atoms with Gasteiger partial charge in [-0.2, -0.15) is 0 Å². The van der Waals surface area contributed by atoms with Crippen LogP contribution in [0.1, 0.15) is 19.4 Å². The number of hydrogen-bond donors (Lipinski definition) is 0. The predicted molar refractivity (Wildman–Crippen MR) is 115 cm³/mol. The van der Waals surface area contributed by atoms with E-state index in [4.69, 9.17) is 16.3 Å². The van der Waals surface area contributed by atoms with Crippen LogP contribution in [0.25, 0.3) is 0 Å². The number of rotatable bonds is 9. The Labute approximate surface area is 177 Å². The maximum Gasteiger partial charge on any atom is 0.350 e. The summed E-state index contributed by atoms with van der Waals surface area (Å²) in [4.78, 5) is 14.1. The average Bonchev–Trinajstić information content (AvgIpc) is 2.73. The van der Waals surface area contributed by atoms with Crippen molar-refractivity contribution < 1.29 is 17.9 Å². The van der Waals surface area contributed by atoms with Crippen LogP contribution in [0.2, 0.25) is 5.02 Å². The molecule has 0 saturated carbocycles. The number of benzene rings is 2. The maximum atomic E-state index is 13.1. The molecule has 2 aromatic carbocycles. The zero-order valence-corrected chi connectivity index (χ0v) is 18.0. The highest BCUT2D eigenvalue weighted by Crippen LogP contribution is 2.24. The molecule has 154 valence electrons. The van der Waals surface area contributed by atoms with E-state index in [0.717, 1.165) is 18.7 Å². The van der Waals surface area contributed by atoms with Crippen LogP contribution in [0.15, 0.2) is 82.7 Å². The molecular formula is C22H24ClNO4S. The van der Waals surface area contributed by atoms with Crippen LogP contribution in [0.5, 0.6) is 0 Å². The molecule has 5 nitrogen and oxygen atoms in total. The number of allylic oxidation sites excluding steroid dienone is 2. The molecule has 0 amide bonds. The van der Waals surface area contributed by atoms with Gasteiger partial charge in [0.25, 0.3) is 0 Å². The summed E-state index contributed by atoms with van der Waals surface area (Å²) in [5.74, 6) is -0.918. The van der Waals surface area contributed by atoms with Crippen molar-refractivity contribution in [1.82, 2.24) is 4.90 Å². The molecule has 0 atom stereocenters. The second-order valence-corrected chi connectivity index (χ2v) is 8.47. The standard InChI is InChI=1S/C22H24ClNO4S/c1-3-24(4-2)15-9-14-21(22(25)28-17-18-10-6-5-7-11-18)29(26,27)20-13-8-12-19(23)16-20/h5-16H,3-4,17H2,1-2H3/b15-9+,21-14-. The molecule has 0 unspecified atom stereocenters. The Morgan fingerprint density at radius 2 is 1.76 bits per heavy atom. The van der Waals surface area contributed by atoms with Gasteiger partial charge in [0.2, 0.25) is 9.84 Å². The molecule has 0 aliphatic heterocycles. The number of esters is 1. The van der Waals surface area contributed by atoms with Crippen LogP contribution in [0, 0.1) is 0 Å². The summed E-state index contributed by atoms with van der Waals surface area (Å²) < 4.78 is 31.4. The number of carbonyl (C=O) groups is 1. The first-order valence-corrected chi connectivity index (χ1v) is 11.1. The third kappa shape index (κ3) is 6.48. The summed E-state index contributed by atoms with van der Waals surface area (Å²) in [6, 6.07) is 14.9. The minimum Gasteiger partial charge on any atom is -0.457 e. The summed E-state index contributed by atoms with van der Waals surface area (Å²) in [6.45, 7) is 5.46. The van der Waals surface area contributed by atoms with Crippen LogP contribution in [-0.4, -0.2) is 32.4 Å². The lowest BCUT2D eigenvalue weighted by atomic mass is 10.2. The van der Waals surface area contributed by atoms with E-state index >= 15 is 0 Å². The van der Waals surface area contributed by atoms with Crippen LogP contribution >= 0.6 is 11.6 Å². The molecule has 0 radical (unpaired) electrons. The monoisotopic (exact) mass is 433 g/mol. The first-order chi connectivity index (χ1) is 13.9. The highest BCUT2D eigenvalue weighted by molar-refractivity contribution is 7.96. The van der Waals surface area contributed by atoms with E-state index in [9.17, 15) is 13.2 Å². The van der Waals surface area contributed by atoms with E-state index in [1.165, 1.54) is 30.4 Å². The van der Waals surface area contributed by atoms with E-state index in [0.29, 0.717) is 0 Å². The van der Waals surface area contributed by atoms with Gasteiger partial charge in [0.05, 0.1) is 4.90 Å². The summed E-state index contributed by atoms with van der Waals surface area (Å²) in [6.07, 6.45) is 4.54. The third-order valence-corrected chi connectivity index (χ3v) is 6.16. The Kier molecular flexibility index (Phi) is 8.49. The Morgan fingerprint density at radius 1 is 1.07 bits per heavy atom. The highest BCUT2D eigenvalue weighted by atomic mass is 35.5. The number of nitrogens with zero attached hydrogens (tertiary/aromatic N) is 1. The van der Waals surface area contributed by atoms with Gasteiger partial charge in [0.1, 0.15) is 6.61 Å². The van der Waals surface area contributed by atoms with Crippen LogP contribution in [0.3, 0.4) is 0 Å². The smallest absolute Gasteiger partial charge is 0.350 e. The molecule has 2 rings (SSSR count). The van der Waals surface area contributed by atoms with E-state index in [-0.39, 0.29) is 16.5 Å². The Bertz CT molecular complexity index is 981. The normalized spacial score (nSPS) is 12.2. The molecule has 0 aromatic heterocycles. The maximum absolute atomic E-state index is 13.1. The fraction of sp³-hybridized carbons (Fsp3) is 0.227. The van der Waals surface area contributed by atoms with Gasteiger partial charge in [-0.3, -0.25) is 0 Å². The zero-order valence-electron chi connectivity index (χ0n) is 16.4. The number of sulfone groups is 1. The Balaban J connectivity index is 2.35. The zero-order chi connectivity index (χ0) is 21.3. The molecule has 0 aliphatic carbocycles. The minimum atomic E-state index is -4.11. The summed E-state index contributed by atoms with van der Waals surface area (Å²) in [5, 5.41) is 0.266. The van der Waals surface area contributed by atoms with Crippen molar-refractivity contribution in [1.29, 1.82) is 0 Å². The first kappa shape index (κ1) is 22.7. The van der Waals surface area contributed by atoms with Crippen molar-refractivity contribution >= 4 is 27.4 Å². The largest absolute Gasteiger partial charge is 0.457 e. The molecule has 7 heteroatoms. The number of halogens is 1. The second kappa shape index (κ2) is 10.8. The first-order valence-electron chi connectivity index (χ1n) is 9.22. The highest BCUT2D eigenvalue weighted by Gasteiger charge is 2.28. The SMILES string of the molecule is CCN(/C=C/C=C(/C(=O)OCc1ccccc1)S(=O)(=O)c1cccc(Cl)c1)CC. The lowest BCUT2D eigenvalue weighted by Crippen LogP contribution is -2.17. The molecule has 0 bridgehead atoms. The predicted octanol–water partition coefficient (Wildman–Crippen LogP) is 4.60. The van der Waals surface area contributed by atoms with Crippen molar-refractivity contribution in [2.45, 2.75) is 25.3 Å². The fourth-order valence-electron chi connectivity index (χ4n) is 2.51. The van der Waals surface area contributed by atoms with E-state index in [1.807, 2.05) is 36.9 Å². The molecule has 2 aromatic rings. The molecule has 0 N–H and O–H groups in total. The second-order valence-electron chi connectivity index (χ2n) is 6.12. The fourth-order valence-corrected chi connectivity index (χ4v) is 4.09. The van der Waals surface area contributed by atoms with Crippen LogP contribution in [0.4, 0.5) is 0 Å². The lowest BCUT2D eigenvalue weighted by molar-refractivity contribution is -0.139. The topological polar surface area (TPSA) is 63.7 Å². The van der Waals surface area contributed by atoms with Gasteiger partial charge in [-0.1, -0.05) is 48.0 Å². The number of ether oxygens (including phenoxy) is 1. The number of carbonyl (C=O) groups excluding carboxylic acids is 1. The quantitative estimate of drug-likeness (QED) is 0.328. The van der Waals surface area contributed by atoms with Crippen molar-refractivity contribution in [3.63, 3.8) is 0 Å². The van der Waals surface area contributed by atoms with E-state index in [2.05, 4.69) is 0 Å². The van der Waals surface area contributed by atoms with Gasteiger partial charge < -0.3 is 9.64 Å². The van der Waals surface area contributed by atoms with Gasteiger partial charge in [-0.15, -0.1) is 0 Å². The van der Waals surface area contributed by atoms with Crippen molar-refractivity contribution in [2.75, 3.05) is 13.1 Å². The van der Waals surface area contributed by atoms with Crippen LogP contribution < -0.4 is 0 Å².